The Morgan fingerprint density at radius 1 is 1.12 bits per heavy atom. The first-order chi connectivity index (χ1) is 15.8. The highest BCUT2D eigenvalue weighted by atomic mass is 19.1. The molecule has 1 heterocycles. The largest absolute Gasteiger partial charge is 0.489 e. The molecule has 0 spiro atoms. The van der Waals surface area contributed by atoms with Gasteiger partial charge in [0.2, 0.25) is 0 Å². The van der Waals surface area contributed by atoms with Crippen LogP contribution in [0.25, 0.3) is 11.3 Å². The minimum atomic E-state index is -0.854. The first kappa shape index (κ1) is 23.8. The number of carbonyl (C=O) groups excluding carboxylic acids is 1. The van der Waals surface area contributed by atoms with Crippen molar-refractivity contribution in [2.45, 2.75) is 26.3 Å². The van der Waals surface area contributed by atoms with Gasteiger partial charge < -0.3 is 19.2 Å². The van der Waals surface area contributed by atoms with Crippen LogP contribution in [0.1, 0.15) is 35.7 Å². The number of carboxylic acids is 1. The molecule has 33 heavy (non-hydrogen) atoms. The molecule has 0 bridgehead atoms. The third-order valence-electron chi connectivity index (χ3n) is 5.12. The van der Waals surface area contributed by atoms with Crippen molar-refractivity contribution in [1.29, 1.82) is 0 Å². The first-order valence-corrected chi connectivity index (χ1v) is 10.5. The average Bonchev–Trinajstić information content (AvgIpc) is 3.33. The van der Waals surface area contributed by atoms with Crippen molar-refractivity contribution in [3.63, 3.8) is 0 Å². The molecule has 0 radical (unpaired) electrons. The lowest BCUT2D eigenvalue weighted by Gasteiger charge is -2.19. The second-order valence-electron chi connectivity index (χ2n) is 7.72. The molecule has 3 rings (SSSR count). The van der Waals surface area contributed by atoms with Gasteiger partial charge in [0, 0.05) is 36.7 Å². The van der Waals surface area contributed by atoms with Gasteiger partial charge in [-0.1, -0.05) is 17.7 Å². The maximum atomic E-state index is 13.9. The number of furan rings is 1. The Kier molecular flexibility index (Phi) is 8.02. The fourth-order valence-electron chi connectivity index (χ4n) is 3.26. The molecule has 1 N–H and O–H groups in total. The zero-order chi connectivity index (χ0) is 23.8. The lowest BCUT2D eigenvalue weighted by molar-refractivity contribution is -0.136. The quantitative estimate of drug-likeness (QED) is 0.409. The van der Waals surface area contributed by atoms with E-state index in [1.165, 1.54) is 23.1 Å². The summed E-state index contributed by atoms with van der Waals surface area (Å²) in [5, 5.41) is 8.77. The summed E-state index contributed by atoms with van der Waals surface area (Å²) in [4.78, 5) is 25.1. The van der Waals surface area contributed by atoms with Gasteiger partial charge in [0.25, 0.3) is 5.91 Å². The van der Waals surface area contributed by atoms with Crippen molar-refractivity contribution in [3.05, 3.63) is 89.5 Å². The third kappa shape index (κ3) is 6.80. The molecule has 1 amide bonds. The fourth-order valence-corrected chi connectivity index (χ4v) is 3.26. The minimum absolute atomic E-state index is 0.0551. The van der Waals surface area contributed by atoms with Crippen LogP contribution in [0.2, 0.25) is 0 Å². The first-order valence-electron chi connectivity index (χ1n) is 10.5. The Balaban J connectivity index is 1.65. The highest BCUT2D eigenvalue weighted by molar-refractivity contribution is 5.94. The number of carbonyl (C=O) groups is 2. The molecule has 0 aliphatic rings. The number of allylic oxidation sites excluding steroid dienone is 1. The minimum Gasteiger partial charge on any atom is -0.489 e. The maximum Gasteiger partial charge on any atom is 0.303 e. The standard InChI is InChI=1S/C26H26FNO5/c1-18(5-12-25(29)30)13-15-33-24-11-10-22(27)16-21(24)17-28(2)26(31)20-8-6-19(7-9-20)23-4-3-14-32-23/h3-4,6-11,13-14,16H,5,12,15,17H2,1-2H3,(H,29,30). The number of amides is 1. The zero-order valence-electron chi connectivity index (χ0n) is 18.6. The SMILES string of the molecule is CC(=CCOc1ccc(F)cc1CN(C)C(=O)c1ccc(-c2ccco2)cc1)CCC(=O)O. The lowest BCUT2D eigenvalue weighted by atomic mass is 10.1. The van der Waals surface area contributed by atoms with Crippen LogP contribution in [0.4, 0.5) is 4.39 Å². The van der Waals surface area contributed by atoms with Crippen LogP contribution >= 0.6 is 0 Å². The van der Waals surface area contributed by atoms with Crippen LogP contribution in [0.5, 0.6) is 5.75 Å². The van der Waals surface area contributed by atoms with E-state index in [-0.39, 0.29) is 25.5 Å². The summed E-state index contributed by atoms with van der Waals surface area (Å²) >= 11 is 0. The average molecular weight is 451 g/mol. The van der Waals surface area contributed by atoms with Gasteiger partial charge in [0.05, 0.1) is 6.26 Å². The highest BCUT2D eigenvalue weighted by Gasteiger charge is 2.15. The molecule has 0 saturated heterocycles. The monoisotopic (exact) mass is 451 g/mol. The summed E-state index contributed by atoms with van der Waals surface area (Å²) in [6, 6.07) is 14.9. The van der Waals surface area contributed by atoms with Crippen LogP contribution in [0.15, 0.2) is 76.9 Å². The normalized spacial score (nSPS) is 11.3. The van der Waals surface area contributed by atoms with E-state index in [0.29, 0.717) is 23.3 Å². The number of hydrogen-bond acceptors (Lipinski definition) is 4. The highest BCUT2D eigenvalue weighted by Crippen LogP contribution is 2.24. The summed E-state index contributed by atoms with van der Waals surface area (Å²) in [5.41, 5.74) is 2.80. The molecule has 6 nitrogen and oxygen atoms in total. The summed E-state index contributed by atoms with van der Waals surface area (Å²) in [6.07, 6.45) is 3.88. The van der Waals surface area contributed by atoms with Crippen molar-refractivity contribution in [2.24, 2.45) is 0 Å². The molecule has 1 aromatic heterocycles. The number of carboxylic acid groups (broad SMARTS) is 1. The Morgan fingerprint density at radius 2 is 1.88 bits per heavy atom. The van der Waals surface area contributed by atoms with Crippen molar-refractivity contribution >= 4 is 11.9 Å². The van der Waals surface area contributed by atoms with Gasteiger partial charge in [-0.2, -0.15) is 0 Å². The molecule has 0 atom stereocenters. The summed E-state index contributed by atoms with van der Waals surface area (Å²) in [6.45, 7) is 2.21. The van der Waals surface area contributed by atoms with Crippen molar-refractivity contribution < 1.29 is 28.2 Å². The zero-order valence-corrected chi connectivity index (χ0v) is 18.6. The Bertz CT molecular complexity index is 1120. The van der Waals surface area contributed by atoms with E-state index >= 15 is 0 Å². The van der Waals surface area contributed by atoms with E-state index in [0.717, 1.165) is 16.9 Å². The van der Waals surface area contributed by atoms with Crippen LogP contribution < -0.4 is 4.74 Å². The molecule has 172 valence electrons. The topological polar surface area (TPSA) is 80.0 Å². The summed E-state index contributed by atoms with van der Waals surface area (Å²) < 4.78 is 25.0. The Labute approximate surface area is 191 Å². The van der Waals surface area contributed by atoms with Gasteiger partial charge in [-0.3, -0.25) is 9.59 Å². The molecular formula is C26H26FNO5. The Hall–Kier alpha value is -3.87. The number of nitrogens with zero attached hydrogens (tertiary/aromatic N) is 1. The molecule has 0 saturated carbocycles. The number of aliphatic carboxylic acids is 1. The number of ether oxygens (including phenoxy) is 1. The van der Waals surface area contributed by atoms with Gasteiger partial charge in [-0.25, -0.2) is 4.39 Å². The van der Waals surface area contributed by atoms with E-state index in [2.05, 4.69) is 0 Å². The van der Waals surface area contributed by atoms with E-state index in [4.69, 9.17) is 14.3 Å². The number of benzene rings is 2. The van der Waals surface area contributed by atoms with Gasteiger partial charge in [-0.15, -0.1) is 0 Å². The van der Waals surface area contributed by atoms with Crippen molar-refractivity contribution in [2.75, 3.05) is 13.7 Å². The Morgan fingerprint density at radius 3 is 2.55 bits per heavy atom. The molecule has 0 aliphatic heterocycles. The fraction of sp³-hybridized carbons (Fsp3) is 0.231. The number of halogens is 1. The third-order valence-corrected chi connectivity index (χ3v) is 5.12. The maximum absolute atomic E-state index is 13.9. The van der Waals surface area contributed by atoms with Crippen LogP contribution in [0, 0.1) is 5.82 Å². The van der Waals surface area contributed by atoms with Gasteiger partial charge in [0.15, 0.2) is 0 Å². The van der Waals surface area contributed by atoms with Crippen molar-refractivity contribution in [1.82, 2.24) is 4.90 Å². The summed E-state index contributed by atoms with van der Waals surface area (Å²) in [5.74, 6) is -0.301. The van der Waals surface area contributed by atoms with Gasteiger partial charge in [0.1, 0.15) is 23.9 Å². The lowest BCUT2D eigenvalue weighted by Crippen LogP contribution is -2.26. The summed E-state index contributed by atoms with van der Waals surface area (Å²) in [7, 11) is 1.65. The van der Waals surface area contributed by atoms with E-state index < -0.39 is 11.8 Å². The second kappa shape index (κ2) is 11.1. The van der Waals surface area contributed by atoms with E-state index in [1.54, 1.807) is 37.6 Å². The predicted molar refractivity (Wildman–Crippen MR) is 122 cm³/mol. The smallest absolute Gasteiger partial charge is 0.303 e. The van der Waals surface area contributed by atoms with Crippen molar-refractivity contribution in [3.8, 4) is 17.1 Å². The van der Waals surface area contributed by atoms with Crippen LogP contribution in [-0.4, -0.2) is 35.5 Å². The molecule has 3 aromatic rings. The van der Waals surface area contributed by atoms with Gasteiger partial charge in [-0.05, 0) is 61.9 Å². The number of rotatable bonds is 10. The molecule has 0 fully saturated rings. The molecular weight excluding hydrogens is 425 g/mol. The van der Waals surface area contributed by atoms with E-state index in [1.807, 2.05) is 25.1 Å². The second-order valence-corrected chi connectivity index (χ2v) is 7.72. The number of hydrogen-bond donors (Lipinski definition) is 1. The predicted octanol–water partition coefficient (Wildman–Crippen LogP) is 5.55. The molecule has 0 unspecified atom stereocenters. The van der Waals surface area contributed by atoms with Crippen LogP contribution in [-0.2, 0) is 11.3 Å². The van der Waals surface area contributed by atoms with Gasteiger partial charge >= 0.3 is 5.97 Å². The van der Waals surface area contributed by atoms with E-state index in [9.17, 15) is 14.0 Å². The molecule has 2 aromatic carbocycles. The molecule has 7 heteroatoms. The van der Waals surface area contributed by atoms with Crippen LogP contribution in [0.3, 0.4) is 0 Å². The molecule has 0 aliphatic carbocycles.